The molecule has 0 spiro atoms. The Hall–Kier alpha value is -2.49. The standard InChI is InChI=1S/C17H16N4/c1-2-7-13-12(5-1)6-3-8-14(13)21-17-16-15(19-11-20-17)9-4-10-18-16/h1-2,4-5,7,9-11,14H,3,6,8H2,(H,19,20,21). The molecule has 21 heavy (non-hydrogen) atoms. The van der Waals surface area contributed by atoms with Crippen molar-refractivity contribution in [3.05, 3.63) is 60.0 Å². The lowest BCUT2D eigenvalue weighted by Crippen LogP contribution is -2.18. The number of aromatic nitrogens is 3. The predicted octanol–water partition coefficient (Wildman–Crippen LogP) is 3.51. The van der Waals surface area contributed by atoms with Crippen molar-refractivity contribution < 1.29 is 0 Å². The largest absolute Gasteiger partial charge is 0.361 e. The summed E-state index contributed by atoms with van der Waals surface area (Å²) in [6.07, 6.45) is 6.87. The number of hydrogen-bond donors (Lipinski definition) is 1. The number of benzene rings is 1. The average molecular weight is 276 g/mol. The van der Waals surface area contributed by atoms with Crippen molar-refractivity contribution in [2.75, 3.05) is 5.32 Å². The van der Waals surface area contributed by atoms with Crippen LogP contribution in [0, 0.1) is 0 Å². The lowest BCUT2D eigenvalue weighted by Gasteiger charge is -2.26. The minimum absolute atomic E-state index is 0.301. The first-order valence-electron chi connectivity index (χ1n) is 7.32. The van der Waals surface area contributed by atoms with Crippen molar-refractivity contribution in [3.8, 4) is 0 Å². The molecule has 1 aliphatic carbocycles. The third kappa shape index (κ3) is 2.23. The summed E-state index contributed by atoms with van der Waals surface area (Å²) in [6.45, 7) is 0. The maximum absolute atomic E-state index is 4.42. The molecule has 4 nitrogen and oxygen atoms in total. The van der Waals surface area contributed by atoms with E-state index in [4.69, 9.17) is 0 Å². The molecule has 0 fully saturated rings. The first-order chi connectivity index (χ1) is 10.4. The fourth-order valence-electron chi connectivity index (χ4n) is 3.07. The molecule has 4 rings (SSSR count). The second kappa shape index (κ2) is 5.13. The van der Waals surface area contributed by atoms with Crippen LogP contribution in [-0.4, -0.2) is 15.0 Å². The van der Waals surface area contributed by atoms with Crippen LogP contribution in [0.25, 0.3) is 11.0 Å². The van der Waals surface area contributed by atoms with Gasteiger partial charge in [0.15, 0.2) is 5.82 Å². The summed E-state index contributed by atoms with van der Waals surface area (Å²) >= 11 is 0. The number of hydrogen-bond acceptors (Lipinski definition) is 4. The molecule has 0 saturated carbocycles. The van der Waals surface area contributed by atoms with E-state index in [1.54, 1.807) is 12.5 Å². The molecule has 104 valence electrons. The van der Waals surface area contributed by atoms with Crippen LogP contribution in [0.4, 0.5) is 5.82 Å². The van der Waals surface area contributed by atoms with E-state index in [1.807, 2.05) is 12.1 Å². The van der Waals surface area contributed by atoms with Crippen LogP contribution in [0.3, 0.4) is 0 Å². The van der Waals surface area contributed by atoms with Crippen LogP contribution in [0.15, 0.2) is 48.9 Å². The summed E-state index contributed by atoms with van der Waals surface area (Å²) in [7, 11) is 0. The Morgan fingerprint density at radius 3 is 2.95 bits per heavy atom. The van der Waals surface area contributed by atoms with Gasteiger partial charge in [0.05, 0.1) is 11.6 Å². The van der Waals surface area contributed by atoms with Crippen LogP contribution < -0.4 is 5.32 Å². The smallest absolute Gasteiger partial charge is 0.156 e. The zero-order chi connectivity index (χ0) is 14.1. The van der Waals surface area contributed by atoms with Gasteiger partial charge in [0, 0.05) is 6.20 Å². The molecule has 3 aromatic rings. The van der Waals surface area contributed by atoms with Crippen LogP contribution in [0.5, 0.6) is 0 Å². The number of nitrogens with one attached hydrogen (secondary N) is 1. The first kappa shape index (κ1) is 12.3. The molecule has 2 heterocycles. The highest BCUT2D eigenvalue weighted by Crippen LogP contribution is 2.32. The van der Waals surface area contributed by atoms with E-state index < -0.39 is 0 Å². The van der Waals surface area contributed by atoms with Crippen molar-refractivity contribution in [2.45, 2.75) is 25.3 Å². The lowest BCUT2D eigenvalue weighted by atomic mass is 9.88. The summed E-state index contributed by atoms with van der Waals surface area (Å²) in [5.74, 6) is 0.822. The third-order valence-corrected chi connectivity index (χ3v) is 4.07. The van der Waals surface area contributed by atoms with Crippen molar-refractivity contribution in [1.82, 2.24) is 15.0 Å². The van der Waals surface area contributed by atoms with Crippen LogP contribution in [0.2, 0.25) is 0 Å². The van der Waals surface area contributed by atoms with Gasteiger partial charge in [-0.1, -0.05) is 24.3 Å². The molecule has 1 atom stereocenters. The molecular formula is C17H16N4. The molecule has 2 aromatic heterocycles. The fourth-order valence-corrected chi connectivity index (χ4v) is 3.07. The van der Waals surface area contributed by atoms with Gasteiger partial charge in [-0.3, -0.25) is 4.98 Å². The molecule has 1 aliphatic rings. The summed E-state index contributed by atoms with van der Waals surface area (Å²) in [6, 6.07) is 12.8. The fraction of sp³-hybridized carbons (Fsp3) is 0.235. The molecule has 1 unspecified atom stereocenters. The number of anilines is 1. The van der Waals surface area contributed by atoms with Gasteiger partial charge >= 0.3 is 0 Å². The monoisotopic (exact) mass is 276 g/mol. The molecule has 1 N–H and O–H groups in total. The van der Waals surface area contributed by atoms with Crippen molar-refractivity contribution in [2.24, 2.45) is 0 Å². The van der Waals surface area contributed by atoms with Gasteiger partial charge in [0.2, 0.25) is 0 Å². The third-order valence-electron chi connectivity index (χ3n) is 4.07. The Balaban J connectivity index is 1.73. The molecule has 4 heteroatoms. The van der Waals surface area contributed by atoms with Gasteiger partial charge in [-0.05, 0) is 42.5 Å². The quantitative estimate of drug-likeness (QED) is 0.778. The topological polar surface area (TPSA) is 50.7 Å². The normalized spacial score (nSPS) is 17.4. The van der Waals surface area contributed by atoms with E-state index in [-0.39, 0.29) is 0 Å². The van der Waals surface area contributed by atoms with E-state index in [0.29, 0.717) is 6.04 Å². The minimum Gasteiger partial charge on any atom is -0.361 e. The highest BCUT2D eigenvalue weighted by molar-refractivity contribution is 5.84. The van der Waals surface area contributed by atoms with Gasteiger partial charge in [0.25, 0.3) is 0 Å². The Bertz CT molecular complexity index is 779. The molecule has 0 aliphatic heterocycles. The van der Waals surface area contributed by atoms with Crippen molar-refractivity contribution >= 4 is 16.9 Å². The maximum atomic E-state index is 4.42. The first-order valence-corrected chi connectivity index (χ1v) is 7.32. The maximum Gasteiger partial charge on any atom is 0.156 e. The second-order valence-electron chi connectivity index (χ2n) is 5.38. The van der Waals surface area contributed by atoms with Crippen molar-refractivity contribution in [1.29, 1.82) is 0 Å². The van der Waals surface area contributed by atoms with E-state index >= 15 is 0 Å². The Kier molecular flexibility index (Phi) is 2.99. The Morgan fingerprint density at radius 2 is 1.95 bits per heavy atom. The Labute approximate surface area is 123 Å². The Morgan fingerprint density at radius 1 is 1.00 bits per heavy atom. The van der Waals surface area contributed by atoms with Crippen molar-refractivity contribution in [3.63, 3.8) is 0 Å². The van der Waals surface area contributed by atoms with Gasteiger partial charge in [0.1, 0.15) is 11.8 Å². The van der Waals surface area contributed by atoms with Gasteiger partial charge < -0.3 is 5.32 Å². The van der Waals surface area contributed by atoms with E-state index in [9.17, 15) is 0 Å². The van der Waals surface area contributed by atoms with E-state index in [2.05, 4.69) is 44.5 Å². The number of pyridine rings is 1. The zero-order valence-electron chi connectivity index (χ0n) is 11.7. The number of rotatable bonds is 2. The second-order valence-corrected chi connectivity index (χ2v) is 5.38. The van der Waals surface area contributed by atoms with E-state index in [1.165, 1.54) is 17.5 Å². The van der Waals surface area contributed by atoms with Gasteiger partial charge in [-0.25, -0.2) is 9.97 Å². The van der Waals surface area contributed by atoms with E-state index in [0.717, 1.165) is 29.7 Å². The molecule has 0 bridgehead atoms. The average Bonchev–Trinajstić information content (AvgIpc) is 2.56. The van der Waals surface area contributed by atoms with Gasteiger partial charge in [-0.2, -0.15) is 0 Å². The summed E-state index contributed by atoms with van der Waals surface area (Å²) in [5, 5.41) is 3.57. The van der Waals surface area contributed by atoms with Crippen LogP contribution in [0.1, 0.15) is 30.0 Å². The summed E-state index contributed by atoms with van der Waals surface area (Å²) < 4.78 is 0. The zero-order valence-corrected chi connectivity index (χ0v) is 11.7. The highest BCUT2D eigenvalue weighted by Gasteiger charge is 2.20. The molecule has 1 aromatic carbocycles. The lowest BCUT2D eigenvalue weighted by molar-refractivity contribution is 0.599. The summed E-state index contributed by atoms with van der Waals surface area (Å²) in [5.41, 5.74) is 4.53. The molecule has 0 radical (unpaired) electrons. The number of aryl methyl sites for hydroxylation is 1. The van der Waals surface area contributed by atoms with Gasteiger partial charge in [-0.15, -0.1) is 0 Å². The SMILES string of the molecule is c1ccc2c(c1)CCCC2Nc1ncnc2cccnc12. The molecular weight excluding hydrogens is 260 g/mol. The predicted molar refractivity (Wildman–Crippen MR) is 83.1 cm³/mol. The van der Waals surface area contributed by atoms with Crippen LogP contribution in [-0.2, 0) is 6.42 Å². The number of fused-ring (bicyclic) bond motifs is 2. The molecule has 0 amide bonds. The highest BCUT2D eigenvalue weighted by atomic mass is 15.1. The number of nitrogens with zero attached hydrogens (tertiary/aromatic N) is 3. The minimum atomic E-state index is 0.301. The van der Waals surface area contributed by atoms with Crippen LogP contribution >= 0.6 is 0 Å². The molecule has 0 saturated heterocycles. The summed E-state index contributed by atoms with van der Waals surface area (Å²) in [4.78, 5) is 13.1.